The molecule has 1 nitrogen and oxygen atoms in total. The molecule has 0 fully saturated rings. The normalized spacial score (nSPS) is 10.2. The van der Waals surface area contributed by atoms with Crippen LogP contribution in [0.15, 0.2) is 29.8 Å². The highest BCUT2D eigenvalue weighted by Crippen LogP contribution is 2.15. The summed E-state index contributed by atoms with van der Waals surface area (Å²) < 4.78 is 5.61. The fourth-order valence-corrected chi connectivity index (χ4v) is 1.26. The summed E-state index contributed by atoms with van der Waals surface area (Å²) in [6.45, 7) is 9.28. The minimum Gasteiger partial charge on any atom is -0.493 e. The van der Waals surface area contributed by atoms with Gasteiger partial charge in [0.1, 0.15) is 5.75 Å². The average Bonchev–Trinajstić information content (AvgIpc) is 2.16. The predicted molar refractivity (Wildman–Crippen MR) is 66.1 cm³/mol. The van der Waals surface area contributed by atoms with Crippen LogP contribution in [0.4, 0.5) is 0 Å². The van der Waals surface area contributed by atoms with E-state index in [4.69, 9.17) is 4.74 Å². The maximum absolute atomic E-state index is 5.61. The minimum atomic E-state index is 0.572. The molecule has 0 aliphatic heterocycles. The van der Waals surface area contributed by atoms with E-state index in [1.807, 2.05) is 12.1 Å². The monoisotopic (exact) mass is 204 g/mol. The summed E-state index contributed by atoms with van der Waals surface area (Å²) in [5.74, 6) is 1.53. The van der Waals surface area contributed by atoms with Gasteiger partial charge in [-0.25, -0.2) is 0 Å². The third-order valence-electron chi connectivity index (χ3n) is 1.92. The molecule has 0 atom stereocenters. The van der Waals surface area contributed by atoms with E-state index in [-0.39, 0.29) is 0 Å². The van der Waals surface area contributed by atoms with E-state index in [0.717, 1.165) is 12.4 Å². The SMILES string of the molecule is CC(C)=Cc1ccc(OCC(C)C)cc1. The Morgan fingerprint density at radius 3 is 2.27 bits per heavy atom. The van der Waals surface area contributed by atoms with Crippen molar-refractivity contribution in [3.05, 3.63) is 35.4 Å². The highest BCUT2D eigenvalue weighted by molar-refractivity contribution is 5.52. The van der Waals surface area contributed by atoms with E-state index in [9.17, 15) is 0 Å². The first kappa shape index (κ1) is 11.8. The third-order valence-corrected chi connectivity index (χ3v) is 1.92. The Hall–Kier alpha value is -1.24. The van der Waals surface area contributed by atoms with Gasteiger partial charge in [-0.2, -0.15) is 0 Å². The van der Waals surface area contributed by atoms with Gasteiger partial charge in [0.05, 0.1) is 6.61 Å². The molecule has 82 valence electrons. The molecule has 0 heterocycles. The molecule has 0 N–H and O–H groups in total. The van der Waals surface area contributed by atoms with Crippen LogP contribution in [0.1, 0.15) is 33.3 Å². The van der Waals surface area contributed by atoms with E-state index in [0.29, 0.717) is 5.92 Å². The van der Waals surface area contributed by atoms with Gasteiger partial charge < -0.3 is 4.74 Å². The smallest absolute Gasteiger partial charge is 0.119 e. The van der Waals surface area contributed by atoms with Crippen molar-refractivity contribution in [3.63, 3.8) is 0 Å². The Labute approximate surface area is 92.8 Å². The van der Waals surface area contributed by atoms with Crippen molar-refractivity contribution in [1.29, 1.82) is 0 Å². The average molecular weight is 204 g/mol. The lowest BCUT2D eigenvalue weighted by Crippen LogP contribution is -2.04. The van der Waals surface area contributed by atoms with Crippen LogP contribution in [0.25, 0.3) is 6.08 Å². The molecule has 15 heavy (non-hydrogen) atoms. The molecular weight excluding hydrogens is 184 g/mol. The molecule has 0 saturated carbocycles. The summed E-state index contributed by atoms with van der Waals surface area (Å²) in [5.41, 5.74) is 2.54. The zero-order valence-electron chi connectivity index (χ0n) is 10.1. The molecule has 1 aromatic carbocycles. The lowest BCUT2D eigenvalue weighted by Gasteiger charge is -2.08. The Morgan fingerprint density at radius 2 is 1.80 bits per heavy atom. The molecule has 0 amide bonds. The van der Waals surface area contributed by atoms with Gasteiger partial charge in [-0.3, -0.25) is 0 Å². The van der Waals surface area contributed by atoms with Crippen molar-refractivity contribution in [2.45, 2.75) is 27.7 Å². The van der Waals surface area contributed by atoms with Crippen LogP contribution in [0.5, 0.6) is 5.75 Å². The van der Waals surface area contributed by atoms with Crippen LogP contribution < -0.4 is 4.74 Å². The quantitative estimate of drug-likeness (QED) is 0.716. The van der Waals surface area contributed by atoms with E-state index in [1.54, 1.807) is 0 Å². The Morgan fingerprint density at radius 1 is 1.20 bits per heavy atom. The summed E-state index contributed by atoms with van der Waals surface area (Å²) in [6.07, 6.45) is 2.16. The molecule has 0 aliphatic rings. The summed E-state index contributed by atoms with van der Waals surface area (Å²) in [6, 6.07) is 8.22. The molecule has 1 aromatic rings. The van der Waals surface area contributed by atoms with Crippen molar-refractivity contribution in [1.82, 2.24) is 0 Å². The number of allylic oxidation sites excluding steroid dienone is 1. The van der Waals surface area contributed by atoms with Gasteiger partial charge in [0.2, 0.25) is 0 Å². The van der Waals surface area contributed by atoms with Gasteiger partial charge in [-0.15, -0.1) is 0 Å². The van der Waals surface area contributed by atoms with E-state index in [1.165, 1.54) is 11.1 Å². The van der Waals surface area contributed by atoms with Crippen LogP contribution in [0.2, 0.25) is 0 Å². The largest absolute Gasteiger partial charge is 0.493 e. The van der Waals surface area contributed by atoms with Gasteiger partial charge in [-0.05, 0) is 37.5 Å². The van der Waals surface area contributed by atoms with Crippen molar-refractivity contribution in [3.8, 4) is 5.75 Å². The first-order valence-electron chi connectivity index (χ1n) is 5.45. The first-order valence-corrected chi connectivity index (χ1v) is 5.45. The molecule has 0 aromatic heterocycles. The summed E-state index contributed by atoms with van der Waals surface area (Å²) in [7, 11) is 0. The molecule has 0 aliphatic carbocycles. The van der Waals surface area contributed by atoms with Crippen LogP contribution >= 0.6 is 0 Å². The lowest BCUT2D eigenvalue weighted by atomic mass is 10.1. The number of hydrogen-bond donors (Lipinski definition) is 0. The molecule has 1 rings (SSSR count). The van der Waals surface area contributed by atoms with Crippen molar-refractivity contribution in [2.75, 3.05) is 6.61 Å². The number of rotatable bonds is 4. The Balaban J connectivity index is 2.60. The van der Waals surface area contributed by atoms with Crippen LogP contribution in [0, 0.1) is 5.92 Å². The summed E-state index contributed by atoms with van der Waals surface area (Å²) in [5, 5.41) is 0. The molecule has 1 heteroatoms. The number of benzene rings is 1. The molecule has 0 unspecified atom stereocenters. The third kappa shape index (κ3) is 4.68. The van der Waals surface area contributed by atoms with Crippen LogP contribution in [-0.4, -0.2) is 6.61 Å². The van der Waals surface area contributed by atoms with Gasteiger partial charge in [0.15, 0.2) is 0 Å². The van der Waals surface area contributed by atoms with Gasteiger partial charge in [0.25, 0.3) is 0 Å². The highest BCUT2D eigenvalue weighted by Gasteiger charge is 1.96. The van der Waals surface area contributed by atoms with Crippen molar-refractivity contribution >= 4 is 6.08 Å². The molecule has 0 bridgehead atoms. The molecular formula is C14H20O. The predicted octanol–water partition coefficient (Wildman–Crippen LogP) is 4.14. The van der Waals surface area contributed by atoms with Crippen molar-refractivity contribution in [2.24, 2.45) is 5.92 Å². The van der Waals surface area contributed by atoms with Gasteiger partial charge in [0, 0.05) is 0 Å². The molecule has 0 saturated heterocycles. The standard InChI is InChI=1S/C14H20O/c1-11(2)9-13-5-7-14(8-6-13)15-10-12(3)4/h5-9,12H,10H2,1-4H3. The van der Waals surface area contributed by atoms with Crippen LogP contribution in [0.3, 0.4) is 0 Å². The zero-order chi connectivity index (χ0) is 11.3. The highest BCUT2D eigenvalue weighted by atomic mass is 16.5. The second kappa shape index (κ2) is 5.59. The Kier molecular flexibility index (Phi) is 4.41. The topological polar surface area (TPSA) is 9.23 Å². The summed E-state index contributed by atoms with van der Waals surface area (Å²) in [4.78, 5) is 0. The maximum atomic E-state index is 5.61. The fourth-order valence-electron chi connectivity index (χ4n) is 1.26. The van der Waals surface area contributed by atoms with E-state index < -0.39 is 0 Å². The number of hydrogen-bond acceptors (Lipinski definition) is 1. The van der Waals surface area contributed by atoms with E-state index >= 15 is 0 Å². The second-order valence-electron chi connectivity index (χ2n) is 4.50. The lowest BCUT2D eigenvalue weighted by molar-refractivity contribution is 0.271. The first-order chi connectivity index (χ1) is 7.08. The fraction of sp³-hybridized carbons (Fsp3) is 0.429. The second-order valence-corrected chi connectivity index (χ2v) is 4.50. The van der Waals surface area contributed by atoms with Crippen LogP contribution in [-0.2, 0) is 0 Å². The maximum Gasteiger partial charge on any atom is 0.119 e. The molecule has 0 radical (unpaired) electrons. The Bertz CT molecular complexity index is 316. The van der Waals surface area contributed by atoms with E-state index in [2.05, 4.69) is 45.9 Å². The van der Waals surface area contributed by atoms with Gasteiger partial charge >= 0.3 is 0 Å². The number of ether oxygens (including phenoxy) is 1. The van der Waals surface area contributed by atoms with Crippen molar-refractivity contribution < 1.29 is 4.74 Å². The minimum absolute atomic E-state index is 0.572. The summed E-state index contributed by atoms with van der Waals surface area (Å²) >= 11 is 0. The van der Waals surface area contributed by atoms with Gasteiger partial charge in [-0.1, -0.05) is 37.6 Å². The molecule has 0 spiro atoms. The zero-order valence-corrected chi connectivity index (χ0v) is 10.1.